The van der Waals surface area contributed by atoms with Crippen LogP contribution in [0.5, 0.6) is 11.5 Å². The molecular formula is C18H16ClNO5S. The Morgan fingerprint density at radius 1 is 1.35 bits per heavy atom. The number of esters is 1. The van der Waals surface area contributed by atoms with Crippen molar-refractivity contribution >= 4 is 34.8 Å². The fourth-order valence-corrected chi connectivity index (χ4v) is 4.36. The fraction of sp³-hybridized carbons (Fsp3) is 0.333. The third-order valence-electron chi connectivity index (χ3n) is 4.43. The minimum atomic E-state index is -0.620. The summed E-state index contributed by atoms with van der Waals surface area (Å²) < 4.78 is 15.7. The van der Waals surface area contributed by atoms with E-state index >= 15 is 0 Å². The topological polar surface area (TPSA) is 65.1 Å². The lowest BCUT2D eigenvalue weighted by Crippen LogP contribution is -2.34. The van der Waals surface area contributed by atoms with Gasteiger partial charge in [-0.25, -0.2) is 4.79 Å². The summed E-state index contributed by atoms with van der Waals surface area (Å²) in [4.78, 5) is 27.7. The SMILES string of the molecule is O=C(OCC(=O)N1CCCC1c1cccs1)c1cc(Cl)c2c(c1)OCO2. The van der Waals surface area contributed by atoms with Crippen LogP contribution in [0.1, 0.15) is 34.1 Å². The predicted molar refractivity (Wildman–Crippen MR) is 95.9 cm³/mol. The van der Waals surface area contributed by atoms with Crippen molar-refractivity contribution in [1.29, 1.82) is 0 Å². The van der Waals surface area contributed by atoms with Crippen LogP contribution < -0.4 is 9.47 Å². The minimum Gasteiger partial charge on any atom is -0.454 e. The lowest BCUT2D eigenvalue weighted by Gasteiger charge is -2.23. The van der Waals surface area contributed by atoms with E-state index in [4.69, 9.17) is 25.8 Å². The maximum absolute atomic E-state index is 12.5. The Morgan fingerprint density at radius 2 is 2.23 bits per heavy atom. The van der Waals surface area contributed by atoms with Gasteiger partial charge in [0.25, 0.3) is 5.91 Å². The van der Waals surface area contributed by atoms with Gasteiger partial charge in [-0.15, -0.1) is 11.3 Å². The van der Waals surface area contributed by atoms with Gasteiger partial charge < -0.3 is 19.1 Å². The third-order valence-corrected chi connectivity index (χ3v) is 5.69. The molecule has 4 rings (SSSR count). The van der Waals surface area contributed by atoms with E-state index in [1.807, 2.05) is 17.5 Å². The number of hydrogen-bond donors (Lipinski definition) is 0. The molecule has 3 heterocycles. The molecule has 0 radical (unpaired) electrons. The van der Waals surface area contributed by atoms with Gasteiger partial charge in [-0.3, -0.25) is 4.79 Å². The van der Waals surface area contributed by atoms with E-state index in [9.17, 15) is 9.59 Å². The highest BCUT2D eigenvalue weighted by Gasteiger charge is 2.31. The van der Waals surface area contributed by atoms with Gasteiger partial charge in [-0.1, -0.05) is 17.7 Å². The van der Waals surface area contributed by atoms with Gasteiger partial charge in [0.15, 0.2) is 18.1 Å². The average Bonchev–Trinajstić information content (AvgIpc) is 3.39. The molecule has 2 aliphatic heterocycles. The summed E-state index contributed by atoms with van der Waals surface area (Å²) in [5.41, 5.74) is 0.225. The molecule has 0 N–H and O–H groups in total. The van der Waals surface area contributed by atoms with Gasteiger partial charge in [0.05, 0.1) is 16.6 Å². The second-order valence-electron chi connectivity index (χ2n) is 6.03. The lowest BCUT2D eigenvalue weighted by molar-refractivity contribution is -0.135. The quantitative estimate of drug-likeness (QED) is 0.742. The number of carbonyl (C=O) groups is 2. The molecule has 1 saturated heterocycles. The molecule has 0 spiro atoms. The monoisotopic (exact) mass is 393 g/mol. The van der Waals surface area contributed by atoms with Crippen LogP contribution in [0.2, 0.25) is 5.02 Å². The van der Waals surface area contributed by atoms with Gasteiger partial charge >= 0.3 is 5.97 Å². The molecule has 0 aliphatic carbocycles. The zero-order valence-electron chi connectivity index (χ0n) is 13.8. The van der Waals surface area contributed by atoms with E-state index in [-0.39, 0.29) is 35.9 Å². The molecule has 136 valence electrons. The lowest BCUT2D eigenvalue weighted by atomic mass is 10.2. The number of rotatable bonds is 4. The largest absolute Gasteiger partial charge is 0.454 e. The number of amides is 1. The molecule has 2 aliphatic rings. The molecule has 2 aromatic rings. The summed E-state index contributed by atoms with van der Waals surface area (Å²) in [6.07, 6.45) is 1.87. The van der Waals surface area contributed by atoms with E-state index in [0.717, 1.165) is 17.7 Å². The Hall–Kier alpha value is -2.25. The zero-order chi connectivity index (χ0) is 18.1. The first-order valence-electron chi connectivity index (χ1n) is 8.22. The first kappa shape index (κ1) is 17.2. The van der Waals surface area contributed by atoms with Crippen molar-refractivity contribution in [2.75, 3.05) is 19.9 Å². The minimum absolute atomic E-state index is 0.0606. The Labute approximate surface area is 159 Å². The van der Waals surface area contributed by atoms with E-state index < -0.39 is 5.97 Å². The standard InChI is InChI=1S/C18H16ClNO5S/c19-12-7-11(8-14-17(12)25-10-24-14)18(22)23-9-16(21)20-5-1-3-13(20)15-4-2-6-26-15/h2,4,6-8,13H,1,3,5,9-10H2. The molecule has 0 bridgehead atoms. The number of ether oxygens (including phenoxy) is 3. The molecule has 6 nitrogen and oxygen atoms in total. The molecule has 1 atom stereocenters. The highest BCUT2D eigenvalue weighted by molar-refractivity contribution is 7.10. The number of hydrogen-bond acceptors (Lipinski definition) is 6. The second kappa shape index (κ2) is 7.17. The van der Waals surface area contributed by atoms with Crippen LogP contribution >= 0.6 is 22.9 Å². The van der Waals surface area contributed by atoms with Crippen LogP contribution in [-0.4, -0.2) is 36.7 Å². The number of nitrogens with zero attached hydrogens (tertiary/aromatic N) is 1. The van der Waals surface area contributed by atoms with Crippen molar-refractivity contribution in [3.63, 3.8) is 0 Å². The Morgan fingerprint density at radius 3 is 3.04 bits per heavy atom. The molecular weight excluding hydrogens is 378 g/mol. The number of carbonyl (C=O) groups excluding carboxylic acids is 2. The second-order valence-corrected chi connectivity index (χ2v) is 7.42. The Kier molecular flexibility index (Phi) is 4.74. The van der Waals surface area contributed by atoms with Crippen molar-refractivity contribution in [1.82, 2.24) is 4.90 Å². The summed E-state index contributed by atoms with van der Waals surface area (Å²) in [5.74, 6) is -0.00487. The molecule has 1 unspecified atom stereocenters. The first-order chi connectivity index (χ1) is 12.6. The van der Waals surface area contributed by atoms with E-state index in [1.165, 1.54) is 12.1 Å². The van der Waals surface area contributed by atoms with Crippen LogP contribution in [0.4, 0.5) is 0 Å². The Balaban J connectivity index is 1.40. The van der Waals surface area contributed by atoms with Gasteiger partial charge in [-0.2, -0.15) is 0 Å². The molecule has 1 fully saturated rings. The van der Waals surface area contributed by atoms with Gasteiger partial charge in [0, 0.05) is 11.4 Å². The number of halogens is 1. The van der Waals surface area contributed by atoms with Crippen LogP contribution in [0.15, 0.2) is 29.6 Å². The first-order valence-corrected chi connectivity index (χ1v) is 9.48. The van der Waals surface area contributed by atoms with Crippen molar-refractivity contribution in [3.8, 4) is 11.5 Å². The molecule has 0 saturated carbocycles. The number of fused-ring (bicyclic) bond motifs is 1. The normalized spacial score (nSPS) is 18.2. The molecule has 1 aromatic heterocycles. The smallest absolute Gasteiger partial charge is 0.338 e. The van der Waals surface area contributed by atoms with Gasteiger partial charge in [0.1, 0.15) is 0 Å². The summed E-state index contributed by atoms with van der Waals surface area (Å²) >= 11 is 7.71. The van der Waals surface area contributed by atoms with Gasteiger partial charge in [0.2, 0.25) is 6.79 Å². The van der Waals surface area contributed by atoms with E-state index in [0.29, 0.717) is 18.0 Å². The van der Waals surface area contributed by atoms with Crippen molar-refractivity contribution in [2.24, 2.45) is 0 Å². The number of benzene rings is 1. The van der Waals surface area contributed by atoms with Crippen molar-refractivity contribution in [2.45, 2.75) is 18.9 Å². The average molecular weight is 394 g/mol. The third kappa shape index (κ3) is 3.24. The summed E-state index contributed by atoms with van der Waals surface area (Å²) in [5, 5.41) is 2.27. The molecule has 1 aromatic carbocycles. The maximum atomic E-state index is 12.5. The van der Waals surface area contributed by atoms with Crippen molar-refractivity contribution in [3.05, 3.63) is 45.1 Å². The van der Waals surface area contributed by atoms with E-state index in [1.54, 1.807) is 16.2 Å². The fourth-order valence-electron chi connectivity index (χ4n) is 3.22. The summed E-state index contributed by atoms with van der Waals surface area (Å²) in [7, 11) is 0. The van der Waals surface area contributed by atoms with Crippen LogP contribution in [0.25, 0.3) is 0 Å². The predicted octanol–water partition coefficient (Wildman–Crippen LogP) is 3.65. The van der Waals surface area contributed by atoms with Crippen LogP contribution in [-0.2, 0) is 9.53 Å². The van der Waals surface area contributed by atoms with Crippen LogP contribution in [0.3, 0.4) is 0 Å². The van der Waals surface area contributed by atoms with Crippen molar-refractivity contribution < 1.29 is 23.8 Å². The molecule has 26 heavy (non-hydrogen) atoms. The van der Waals surface area contributed by atoms with Crippen LogP contribution in [0, 0.1) is 0 Å². The highest BCUT2D eigenvalue weighted by Crippen LogP contribution is 2.40. The Bertz CT molecular complexity index is 838. The molecule has 8 heteroatoms. The zero-order valence-corrected chi connectivity index (χ0v) is 15.3. The molecule has 1 amide bonds. The highest BCUT2D eigenvalue weighted by atomic mass is 35.5. The van der Waals surface area contributed by atoms with Gasteiger partial charge in [-0.05, 0) is 36.4 Å². The number of thiophene rings is 1. The summed E-state index contributed by atoms with van der Waals surface area (Å²) in [6, 6.07) is 7.03. The maximum Gasteiger partial charge on any atom is 0.338 e. The number of likely N-dealkylation sites (tertiary alicyclic amines) is 1. The van der Waals surface area contributed by atoms with E-state index in [2.05, 4.69) is 0 Å². The summed E-state index contributed by atoms with van der Waals surface area (Å²) in [6.45, 7) is 0.437.